The van der Waals surface area contributed by atoms with Crippen molar-refractivity contribution in [2.75, 3.05) is 20.1 Å². The number of carbonyl (C=O) groups excluding carboxylic acids is 1. The number of benzene rings is 1. The molecule has 0 unspecified atom stereocenters. The van der Waals surface area contributed by atoms with Gasteiger partial charge in [-0.3, -0.25) is 9.69 Å². The molecule has 7 rings (SSSR count). The predicted octanol–water partition coefficient (Wildman–Crippen LogP) is 4.28. The van der Waals surface area contributed by atoms with Crippen molar-refractivity contribution in [3.8, 4) is 11.5 Å². The van der Waals surface area contributed by atoms with Gasteiger partial charge in [-0.25, -0.2) is 0 Å². The zero-order valence-electron chi connectivity index (χ0n) is 20.6. The second kappa shape index (κ2) is 7.63. The molecule has 2 bridgehead atoms. The Morgan fingerprint density at radius 1 is 1.31 bits per heavy atom. The zero-order chi connectivity index (χ0) is 23.9. The molecular formula is C29H34N2O4. The van der Waals surface area contributed by atoms with Crippen molar-refractivity contribution in [3.05, 3.63) is 53.0 Å². The Kier molecular flexibility index (Phi) is 4.70. The third-order valence-corrected chi connectivity index (χ3v) is 9.75. The van der Waals surface area contributed by atoms with Gasteiger partial charge in [0.15, 0.2) is 11.5 Å². The topological polar surface area (TPSA) is 66.1 Å². The average Bonchev–Trinajstić information content (AvgIpc) is 3.37. The van der Waals surface area contributed by atoms with Crippen molar-refractivity contribution in [2.45, 2.75) is 69.1 Å². The summed E-state index contributed by atoms with van der Waals surface area (Å²) in [6.07, 6.45) is 13.4. The van der Waals surface area contributed by atoms with Crippen LogP contribution in [0.15, 0.2) is 35.2 Å². The summed E-state index contributed by atoms with van der Waals surface area (Å²) in [6.45, 7) is 4.44. The van der Waals surface area contributed by atoms with Crippen LogP contribution in [-0.4, -0.2) is 59.1 Å². The third kappa shape index (κ3) is 3.08. The fourth-order valence-corrected chi connectivity index (χ4v) is 7.94. The summed E-state index contributed by atoms with van der Waals surface area (Å²) in [5.74, 6) is 2.31. The third-order valence-electron chi connectivity index (χ3n) is 9.75. The van der Waals surface area contributed by atoms with Crippen LogP contribution in [0.25, 0.3) is 6.08 Å². The summed E-state index contributed by atoms with van der Waals surface area (Å²) in [7, 11) is 1.91. The maximum Gasteiger partial charge on any atom is 0.246 e. The molecule has 1 aromatic carbocycles. The molecule has 5 aliphatic rings. The molecule has 1 aromatic heterocycles. The van der Waals surface area contributed by atoms with Gasteiger partial charge in [0.1, 0.15) is 6.10 Å². The minimum atomic E-state index is -0.122. The second-order valence-electron chi connectivity index (χ2n) is 11.5. The fourth-order valence-electron chi connectivity index (χ4n) is 7.94. The van der Waals surface area contributed by atoms with E-state index < -0.39 is 0 Å². The summed E-state index contributed by atoms with van der Waals surface area (Å²) in [5, 5.41) is 11.0. The summed E-state index contributed by atoms with van der Waals surface area (Å²) < 4.78 is 11.8. The van der Waals surface area contributed by atoms with Gasteiger partial charge in [-0.15, -0.1) is 0 Å². The molecule has 2 aromatic rings. The predicted molar refractivity (Wildman–Crippen MR) is 132 cm³/mol. The van der Waals surface area contributed by atoms with Crippen LogP contribution in [0.5, 0.6) is 11.5 Å². The van der Waals surface area contributed by atoms with Crippen LogP contribution in [0.3, 0.4) is 0 Å². The first-order valence-corrected chi connectivity index (χ1v) is 13.2. The highest BCUT2D eigenvalue weighted by molar-refractivity contribution is 5.91. The molecule has 1 saturated heterocycles. The number of ether oxygens (including phenoxy) is 1. The van der Waals surface area contributed by atoms with E-state index in [0.29, 0.717) is 17.7 Å². The standard InChI is InChI=1S/C29H34N2O4/c1-17-13-24(32)27-26-20(17)14-23-21-6-7-22(30(2)25(33)8-5-19-9-12-34-16-19)28(35-27)29(21,26)10-11-31(23)15-18-3-4-18/h5,8-9,12-13,16,18,21-23,28,32H,3-4,6-7,10-11,14-15H2,1-2H3/b8-5+/t21-,22+,23+,28-,29-/m0/s1. The number of rotatable bonds is 5. The molecular weight excluding hydrogens is 440 g/mol. The molecule has 2 saturated carbocycles. The minimum absolute atomic E-state index is 0.0234. The van der Waals surface area contributed by atoms with Crippen molar-refractivity contribution >= 4 is 12.0 Å². The Morgan fingerprint density at radius 3 is 2.94 bits per heavy atom. The Hall–Kier alpha value is -2.73. The molecule has 3 heterocycles. The number of amides is 1. The lowest BCUT2D eigenvalue weighted by Crippen LogP contribution is -2.69. The van der Waals surface area contributed by atoms with E-state index in [0.717, 1.165) is 43.7 Å². The quantitative estimate of drug-likeness (QED) is 0.655. The maximum atomic E-state index is 13.2. The normalized spacial score (nSPS) is 33.0. The number of carbonyl (C=O) groups is 1. The van der Waals surface area contributed by atoms with Crippen molar-refractivity contribution in [1.82, 2.24) is 9.80 Å². The van der Waals surface area contributed by atoms with E-state index in [9.17, 15) is 9.90 Å². The van der Waals surface area contributed by atoms with Gasteiger partial charge in [0, 0.05) is 42.3 Å². The average molecular weight is 475 g/mol. The van der Waals surface area contributed by atoms with Crippen molar-refractivity contribution in [2.24, 2.45) is 11.8 Å². The van der Waals surface area contributed by atoms with Crippen LogP contribution in [-0.2, 0) is 16.6 Å². The van der Waals surface area contributed by atoms with E-state index in [4.69, 9.17) is 9.15 Å². The molecule has 3 fully saturated rings. The van der Waals surface area contributed by atoms with E-state index in [-0.39, 0.29) is 29.2 Å². The number of nitrogens with zero attached hydrogens (tertiary/aromatic N) is 2. The van der Waals surface area contributed by atoms with Gasteiger partial charge in [0.25, 0.3) is 0 Å². The summed E-state index contributed by atoms with van der Waals surface area (Å²) in [4.78, 5) is 17.9. The first kappa shape index (κ1) is 21.5. The van der Waals surface area contributed by atoms with E-state index in [1.54, 1.807) is 24.7 Å². The van der Waals surface area contributed by atoms with Crippen LogP contribution in [0.2, 0.25) is 0 Å². The number of likely N-dealkylation sites (tertiary alicyclic amines) is 1. The van der Waals surface area contributed by atoms with E-state index in [1.165, 1.54) is 36.1 Å². The molecule has 5 atom stereocenters. The van der Waals surface area contributed by atoms with E-state index in [2.05, 4.69) is 11.8 Å². The Morgan fingerprint density at radius 2 is 2.17 bits per heavy atom. The number of phenolic OH excluding ortho intramolecular Hbond substituents is 1. The van der Waals surface area contributed by atoms with Crippen LogP contribution in [0, 0.1) is 18.8 Å². The number of piperidine rings is 1. The molecule has 1 spiro atoms. The molecule has 1 N–H and O–H groups in total. The van der Waals surface area contributed by atoms with Crippen molar-refractivity contribution in [1.29, 1.82) is 0 Å². The molecule has 0 radical (unpaired) electrons. The summed E-state index contributed by atoms with van der Waals surface area (Å²) in [6, 6.07) is 4.23. The van der Waals surface area contributed by atoms with Crippen LogP contribution in [0.1, 0.15) is 54.4 Å². The van der Waals surface area contributed by atoms with E-state index >= 15 is 0 Å². The lowest BCUT2D eigenvalue weighted by atomic mass is 9.50. The fraction of sp³-hybridized carbons (Fsp3) is 0.552. The number of hydrogen-bond donors (Lipinski definition) is 1. The SMILES string of the molecule is Cc1cc(O)c2c3c1C[C@@H]1[C@@H]4CC[C@@H](N(C)C(=O)/C=C/c5ccoc5)[C@H](O2)[C@]34CCN1CC1CC1. The molecule has 6 heteroatoms. The van der Waals surface area contributed by atoms with Gasteiger partial charge >= 0.3 is 0 Å². The maximum absolute atomic E-state index is 13.2. The highest BCUT2D eigenvalue weighted by Crippen LogP contribution is 2.64. The number of hydrogen-bond acceptors (Lipinski definition) is 5. The molecule has 2 aliphatic heterocycles. The number of aryl methyl sites for hydroxylation is 1. The lowest BCUT2D eigenvalue weighted by Gasteiger charge is -2.60. The van der Waals surface area contributed by atoms with Gasteiger partial charge in [0.05, 0.1) is 18.6 Å². The summed E-state index contributed by atoms with van der Waals surface area (Å²) in [5.41, 5.74) is 4.59. The highest BCUT2D eigenvalue weighted by atomic mass is 16.5. The van der Waals surface area contributed by atoms with Gasteiger partial charge in [-0.1, -0.05) is 0 Å². The molecule has 1 amide bonds. The number of aromatic hydroxyl groups is 1. The van der Waals surface area contributed by atoms with Gasteiger partial charge in [-0.05, 0) is 93.2 Å². The van der Waals surface area contributed by atoms with Crippen molar-refractivity contribution in [3.63, 3.8) is 0 Å². The highest BCUT2D eigenvalue weighted by Gasteiger charge is 2.66. The molecule has 3 aliphatic carbocycles. The zero-order valence-corrected chi connectivity index (χ0v) is 20.6. The molecule has 6 nitrogen and oxygen atoms in total. The number of likely N-dealkylation sites (N-methyl/N-ethyl adjacent to an activating group) is 1. The van der Waals surface area contributed by atoms with Crippen molar-refractivity contribution < 1.29 is 19.1 Å². The summed E-state index contributed by atoms with van der Waals surface area (Å²) >= 11 is 0. The largest absolute Gasteiger partial charge is 0.504 e. The Balaban J connectivity index is 1.27. The van der Waals surface area contributed by atoms with Gasteiger partial charge < -0.3 is 19.2 Å². The molecule has 35 heavy (non-hydrogen) atoms. The number of phenols is 1. The first-order chi connectivity index (χ1) is 17.0. The lowest BCUT2D eigenvalue weighted by molar-refractivity contribution is -0.135. The number of furan rings is 1. The molecule has 184 valence electrons. The van der Waals surface area contributed by atoms with Crippen LogP contribution < -0.4 is 4.74 Å². The van der Waals surface area contributed by atoms with Gasteiger partial charge in [-0.2, -0.15) is 0 Å². The first-order valence-electron chi connectivity index (χ1n) is 13.2. The van der Waals surface area contributed by atoms with Crippen LogP contribution >= 0.6 is 0 Å². The second-order valence-corrected chi connectivity index (χ2v) is 11.5. The minimum Gasteiger partial charge on any atom is -0.504 e. The smallest absolute Gasteiger partial charge is 0.246 e. The van der Waals surface area contributed by atoms with Crippen LogP contribution in [0.4, 0.5) is 0 Å². The van der Waals surface area contributed by atoms with Gasteiger partial charge in [0.2, 0.25) is 5.91 Å². The van der Waals surface area contributed by atoms with E-state index in [1.807, 2.05) is 24.1 Å². The Labute approximate surface area is 206 Å². The Bertz CT molecular complexity index is 1200. The monoisotopic (exact) mass is 474 g/mol.